The normalized spacial score (nSPS) is 15.7. The first-order chi connectivity index (χ1) is 15.1. The van der Waals surface area contributed by atoms with Crippen LogP contribution < -0.4 is 10.5 Å². The second-order valence-corrected chi connectivity index (χ2v) is 7.61. The molecule has 0 spiro atoms. The number of hydrogen-bond acceptors (Lipinski definition) is 6. The van der Waals surface area contributed by atoms with E-state index < -0.39 is 17.9 Å². The average Bonchev–Trinajstić information content (AvgIpc) is 3.36. The maximum absolute atomic E-state index is 13.2. The van der Waals surface area contributed by atoms with Crippen LogP contribution in [0, 0.1) is 0 Å². The van der Waals surface area contributed by atoms with Crippen LogP contribution in [0.5, 0.6) is 5.75 Å². The number of halogens is 3. The van der Waals surface area contributed by atoms with Crippen LogP contribution in [0.4, 0.5) is 19.0 Å². The number of benzene rings is 1. The number of aryl methyl sites for hydroxylation is 1. The Balaban J connectivity index is 1.51. The van der Waals surface area contributed by atoms with Gasteiger partial charge in [-0.2, -0.15) is 18.3 Å². The first-order valence-corrected chi connectivity index (χ1v) is 9.63. The van der Waals surface area contributed by atoms with Crippen LogP contribution >= 0.6 is 0 Å². The van der Waals surface area contributed by atoms with Crippen molar-refractivity contribution in [2.24, 2.45) is 7.05 Å². The number of pyridine rings is 2. The second kappa shape index (κ2) is 6.81. The highest BCUT2D eigenvalue weighted by atomic mass is 19.4. The van der Waals surface area contributed by atoms with E-state index in [1.54, 1.807) is 43.2 Å². The highest BCUT2D eigenvalue weighted by Crippen LogP contribution is 2.39. The number of rotatable bonds is 2. The van der Waals surface area contributed by atoms with Crippen LogP contribution in [0.3, 0.4) is 0 Å². The Hall–Kier alpha value is -3.89. The van der Waals surface area contributed by atoms with Gasteiger partial charge in [-0.25, -0.2) is 4.98 Å². The molecule has 0 aliphatic carbocycles. The molecule has 0 saturated heterocycles. The first kappa shape index (κ1) is 20.0. The van der Waals surface area contributed by atoms with Gasteiger partial charge in [0.15, 0.2) is 0 Å². The summed E-state index contributed by atoms with van der Waals surface area (Å²) in [6, 6.07) is 5.35. The molecule has 1 aliphatic heterocycles. The third kappa shape index (κ3) is 3.00. The van der Waals surface area contributed by atoms with Crippen LogP contribution in [0.1, 0.15) is 27.7 Å². The lowest BCUT2D eigenvalue weighted by atomic mass is 10.1. The lowest BCUT2D eigenvalue weighted by Crippen LogP contribution is -2.32. The number of nitrogens with zero attached hydrogens (tertiary/aromatic N) is 5. The average molecular weight is 442 g/mol. The van der Waals surface area contributed by atoms with Crippen molar-refractivity contribution in [1.29, 1.82) is 0 Å². The molecule has 0 radical (unpaired) electrons. The summed E-state index contributed by atoms with van der Waals surface area (Å²) in [4.78, 5) is 22.6. The van der Waals surface area contributed by atoms with Gasteiger partial charge in [-0.15, -0.1) is 0 Å². The molecule has 4 heterocycles. The van der Waals surface area contributed by atoms with Crippen LogP contribution in [0.25, 0.3) is 21.8 Å². The van der Waals surface area contributed by atoms with E-state index in [2.05, 4.69) is 15.1 Å². The minimum atomic E-state index is -4.57. The number of alkyl halides is 3. The van der Waals surface area contributed by atoms with E-state index in [0.717, 1.165) is 17.8 Å². The largest absolute Gasteiger partial charge is 0.491 e. The molecule has 164 valence electrons. The molecular weight excluding hydrogens is 425 g/mol. The zero-order valence-corrected chi connectivity index (χ0v) is 17.0. The molecule has 0 unspecified atom stereocenters. The fourth-order valence-electron chi connectivity index (χ4n) is 3.99. The third-order valence-electron chi connectivity index (χ3n) is 5.68. The summed E-state index contributed by atoms with van der Waals surface area (Å²) in [5.41, 5.74) is 7.18. The van der Waals surface area contributed by atoms with E-state index in [1.807, 2.05) is 0 Å². The maximum Gasteiger partial charge on any atom is 0.433 e. The Labute approximate surface area is 179 Å². The molecule has 1 aliphatic rings. The zero-order chi connectivity index (χ0) is 22.8. The van der Waals surface area contributed by atoms with Crippen molar-refractivity contribution in [2.45, 2.75) is 12.2 Å². The maximum atomic E-state index is 13.2. The Morgan fingerprint density at radius 1 is 1.25 bits per heavy atom. The van der Waals surface area contributed by atoms with Gasteiger partial charge in [0, 0.05) is 42.9 Å². The number of nitrogens with two attached hydrogens (primary N) is 1. The third-order valence-corrected chi connectivity index (χ3v) is 5.68. The number of hydrogen-bond donors (Lipinski definition) is 1. The Morgan fingerprint density at radius 2 is 2.03 bits per heavy atom. The molecule has 3 aromatic heterocycles. The van der Waals surface area contributed by atoms with Crippen LogP contribution in [0.15, 0.2) is 36.7 Å². The van der Waals surface area contributed by atoms with E-state index >= 15 is 0 Å². The first-order valence-electron chi connectivity index (χ1n) is 9.63. The molecule has 4 aromatic rings. The van der Waals surface area contributed by atoms with Gasteiger partial charge >= 0.3 is 6.18 Å². The van der Waals surface area contributed by atoms with Gasteiger partial charge in [0.25, 0.3) is 5.91 Å². The van der Waals surface area contributed by atoms with E-state index in [1.165, 1.54) is 4.90 Å². The van der Waals surface area contributed by atoms with E-state index in [9.17, 15) is 18.0 Å². The van der Waals surface area contributed by atoms with Crippen LogP contribution in [0.2, 0.25) is 0 Å². The highest BCUT2D eigenvalue weighted by Gasteiger charge is 2.37. The molecule has 5 rings (SSSR count). The van der Waals surface area contributed by atoms with E-state index in [-0.39, 0.29) is 18.3 Å². The Morgan fingerprint density at radius 3 is 2.78 bits per heavy atom. The number of likely N-dealkylation sites (N-methyl/N-ethyl adjacent to an activating group) is 1. The predicted molar refractivity (Wildman–Crippen MR) is 110 cm³/mol. The molecule has 1 atom stereocenters. The highest BCUT2D eigenvalue weighted by molar-refractivity contribution is 6.10. The van der Waals surface area contributed by atoms with Crippen molar-refractivity contribution in [1.82, 2.24) is 24.6 Å². The quantitative estimate of drug-likeness (QED) is 0.511. The van der Waals surface area contributed by atoms with Gasteiger partial charge < -0.3 is 15.4 Å². The van der Waals surface area contributed by atoms with Gasteiger partial charge in [0.05, 0.1) is 28.7 Å². The number of ether oxygens (including phenoxy) is 1. The lowest BCUT2D eigenvalue weighted by Gasteiger charge is -2.24. The van der Waals surface area contributed by atoms with Gasteiger partial charge in [-0.05, 0) is 18.2 Å². The number of carbonyl (C=O) groups excluding carboxylic acids is 1. The van der Waals surface area contributed by atoms with Crippen molar-refractivity contribution < 1.29 is 22.7 Å². The van der Waals surface area contributed by atoms with Crippen LogP contribution in [-0.4, -0.2) is 44.2 Å². The standard InChI is InChI=1S/C21H17F3N6O2/c1-29(15-9-32-16-6-17(21(22,23)24)26-7-12(15)16)20(31)10-3-4-14-11(5-10)18-13(19(25)28-14)8-27-30(18)2/h3-8,15H,9H2,1-2H3,(H2,25,28)/t15-/m1/s1. The molecule has 0 fully saturated rings. The molecule has 2 N–H and O–H groups in total. The summed E-state index contributed by atoms with van der Waals surface area (Å²) < 4.78 is 45.9. The topological polar surface area (TPSA) is 99.2 Å². The fourth-order valence-corrected chi connectivity index (χ4v) is 3.99. The van der Waals surface area contributed by atoms with Crippen molar-refractivity contribution in [3.05, 3.63) is 53.5 Å². The number of aromatic nitrogens is 4. The SMILES string of the molecule is CN(C(=O)c1ccc2nc(N)c3cnn(C)c3c2c1)[C@@H]1COc2cc(C(F)(F)F)ncc21. The predicted octanol–water partition coefficient (Wildman–Crippen LogP) is 3.32. The van der Waals surface area contributed by atoms with Crippen molar-refractivity contribution in [2.75, 3.05) is 19.4 Å². The van der Waals surface area contributed by atoms with Gasteiger partial charge in [-0.3, -0.25) is 14.5 Å². The van der Waals surface area contributed by atoms with Crippen molar-refractivity contribution in [3.8, 4) is 5.75 Å². The minimum Gasteiger partial charge on any atom is -0.491 e. The summed E-state index contributed by atoms with van der Waals surface area (Å²) in [5.74, 6) is 0.106. The van der Waals surface area contributed by atoms with Gasteiger partial charge in [-0.1, -0.05) is 0 Å². The van der Waals surface area contributed by atoms with Crippen molar-refractivity contribution in [3.63, 3.8) is 0 Å². The molecule has 32 heavy (non-hydrogen) atoms. The van der Waals surface area contributed by atoms with Crippen LogP contribution in [-0.2, 0) is 13.2 Å². The fraction of sp³-hybridized carbons (Fsp3) is 0.238. The molecule has 1 aromatic carbocycles. The lowest BCUT2D eigenvalue weighted by molar-refractivity contribution is -0.141. The number of carbonyl (C=O) groups is 1. The number of anilines is 1. The summed E-state index contributed by atoms with van der Waals surface area (Å²) in [6.07, 6.45) is -1.84. The zero-order valence-electron chi connectivity index (χ0n) is 17.0. The minimum absolute atomic E-state index is 0.0399. The van der Waals surface area contributed by atoms with E-state index in [0.29, 0.717) is 33.2 Å². The molecule has 11 heteroatoms. The smallest absolute Gasteiger partial charge is 0.433 e. The molecule has 0 saturated carbocycles. The summed E-state index contributed by atoms with van der Waals surface area (Å²) in [7, 11) is 3.35. The summed E-state index contributed by atoms with van der Waals surface area (Å²) in [5, 5.41) is 5.63. The van der Waals surface area contributed by atoms with Crippen molar-refractivity contribution >= 4 is 33.5 Å². The van der Waals surface area contributed by atoms with Gasteiger partial charge in [0.2, 0.25) is 0 Å². The summed E-state index contributed by atoms with van der Waals surface area (Å²) in [6.45, 7) is 0.0399. The molecular formula is C21H17F3N6O2. The molecule has 8 nitrogen and oxygen atoms in total. The molecule has 1 amide bonds. The number of nitrogen functional groups attached to an aromatic ring is 1. The number of fused-ring (bicyclic) bond motifs is 4. The second-order valence-electron chi connectivity index (χ2n) is 7.61. The summed E-state index contributed by atoms with van der Waals surface area (Å²) >= 11 is 0. The van der Waals surface area contributed by atoms with E-state index in [4.69, 9.17) is 10.5 Å². The Bertz CT molecular complexity index is 1400. The molecule has 0 bridgehead atoms. The van der Waals surface area contributed by atoms with Gasteiger partial charge in [0.1, 0.15) is 23.9 Å². The Kier molecular flexibility index (Phi) is 4.26. The monoisotopic (exact) mass is 442 g/mol. The number of amides is 1.